The van der Waals surface area contributed by atoms with Crippen LogP contribution in [0.2, 0.25) is 0 Å². The molecule has 21 heavy (non-hydrogen) atoms. The molecule has 0 saturated heterocycles. The second-order valence-corrected chi connectivity index (χ2v) is 7.54. The van der Waals surface area contributed by atoms with Crippen molar-refractivity contribution in [3.8, 4) is 5.75 Å². The summed E-state index contributed by atoms with van der Waals surface area (Å²) in [4.78, 5) is 11.9. The van der Waals surface area contributed by atoms with Gasteiger partial charge in [0, 0.05) is 5.56 Å². The molecule has 0 bridgehead atoms. The van der Waals surface area contributed by atoms with Crippen molar-refractivity contribution in [2.45, 2.75) is 64.7 Å². The van der Waals surface area contributed by atoms with Gasteiger partial charge in [-0.2, -0.15) is 0 Å². The van der Waals surface area contributed by atoms with Crippen molar-refractivity contribution in [2.75, 3.05) is 0 Å². The Balaban J connectivity index is 2.45. The monoisotopic (exact) mass is 290 g/mol. The zero-order valence-electron chi connectivity index (χ0n) is 13.3. The van der Waals surface area contributed by atoms with Gasteiger partial charge in [-0.1, -0.05) is 52.2 Å². The zero-order chi connectivity index (χ0) is 15.7. The second kappa shape index (κ2) is 5.70. The molecule has 3 nitrogen and oxygen atoms in total. The van der Waals surface area contributed by atoms with Crippen LogP contribution in [0.1, 0.15) is 64.0 Å². The Morgan fingerprint density at radius 1 is 1.19 bits per heavy atom. The molecule has 2 rings (SSSR count). The maximum atomic E-state index is 11.9. The Morgan fingerprint density at radius 2 is 1.81 bits per heavy atom. The van der Waals surface area contributed by atoms with Crippen molar-refractivity contribution in [1.29, 1.82) is 0 Å². The Labute approximate surface area is 127 Å². The average Bonchev–Trinajstić information content (AvgIpc) is 2.40. The molecule has 0 heterocycles. The maximum Gasteiger partial charge on any atom is 0.314 e. The highest BCUT2D eigenvalue weighted by molar-refractivity contribution is 5.82. The predicted octanol–water partition coefficient (Wildman–Crippen LogP) is 4.27. The van der Waals surface area contributed by atoms with Gasteiger partial charge in [-0.3, -0.25) is 4.79 Å². The lowest BCUT2D eigenvalue weighted by atomic mass is 9.68. The van der Waals surface area contributed by atoms with Crippen molar-refractivity contribution in [1.82, 2.24) is 0 Å². The first kappa shape index (κ1) is 15.9. The van der Waals surface area contributed by atoms with Gasteiger partial charge in [0.1, 0.15) is 5.75 Å². The molecule has 1 aliphatic rings. The van der Waals surface area contributed by atoms with Gasteiger partial charge in [0.2, 0.25) is 0 Å². The van der Waals surface area contributed by atoms with Crippen LogP contribution in [0.5, 0.6) is 5.75 Å². The van der Waals surface area contributed by atoms with Gasteiger partial charge in [-0.05, 0) is 36.3 Å². The SMILES string of the molecule is CC(C)(C)Cc1ccc(O)c(C2(C(=O)O)CCCCC2)c1. The number of hydrogen-bond acceptors (Lipinski definition) is 2. The quantitative estimate of drug-likeness (QED) is 0.874. The van der Waals surface area contributed by atoms with Gasteiger partial charge in [0.15, 0.2) is 0 Å². The summed E-state index contributed by atoms with van der Waals surface area (Å²) in [6, 6.07) is 5.48. The average molecular weight is 290 g/mol. The third-order valence-corrected chi connectivity index (χ3v) is 4.43. The number of carbonyl (C=O) groups is 1. The highest BCUT2D eigenvalue weighted by Crippen LogP contribution is 2.44. The van der Waals surface area contributed by atoms with Gasteiger partial charge >= 0.3 is 5.97 Å². The second-order valence-electron chi connectivity index (χ2n) is 7.54. The highest BCUT2D eigenvalue weighted by Gasteiger charge is 2.43. The number of carboxylic acids is 1. The smallest absolute Gasteiger partial charge is 0.314 e. The van der Waals surface area contributed by atoms with Crippen LogP contribution in [-0.4, -0.2) is 16.2 Å². The van der Waals surface area contributed by atoms with E-state index >= 15 is 0 Å². The summed E-state index contributed by atoms with van der Waals surface area (Å²) in [5, 5.41) is 20.0. The number of aliphatic carboxylic acids is 1. The summed E-state index contributed by atoms with van der Waals surface area (Å²) in [6.45, 7) is 6.48. The van der Waals surface area contributed by atoms with Gasteiger partial charge in [0.05, 0.1) is 5.41 Å². The summed E-state index contributed by atoms with van der Waals surface area (Å²) in [5.74, 6) is -0.678. The van der Waals surface area contributed by atoms with Crippen LogP contribution in [0.15, 0.2) is 18.2 Å². The van der Waals surface area contributed by atoms with Gasteiger partial charge in [0.25, 0.3) is 0 Å². The number of benzene rings is 1. The maximum absolute atomic E-state index is 11.9. The minimum Gasteiger partial charge on any atom is -0.508 e. The number of rotatable bonds is 3. The predicted molar refractivity (Wildman–Crippen MR) is 83.7 cm³/mol. The summed E-state index contributed by atoms with van der Waals surface area (Å²) in [7, 11) is 0. The molecule has 0 radical (unpaired) electrons. The van der Waals surface area contributed by atoms with Crippen LogP contribution in [0.4, 0.5) is 0 Å². The molecule has 3 heteroatoms. The normalized spacial score (nSPS) is 18.4. The van der Waals surface area contributed by atoms with E-state index < -0.39 is 11.4 Å². The van der Waals surface area contributed by atoms with E-state index in [0.717, 1.165) is 31.2 Å². The van der Waals surface area contributed by atoms with Gasteiger partial charge in [-0.25, -0.2) is 0 Å². The number of carboxylic acid groups (broad SMARTS) is 1. The molecule has 1 aliphatic carbocycles. The van der Waals surface area contributed by atoms with Crippen molar-refractivity contribution in [3.63, 3.8) is 0 Å². The molecule has 0 spiro atoms. The van der Waals surface area contributed by atoms with Crippen LogP contribution in [-0.2, 0) is 16.6 Å². The number of phenolic OH excluding ortho intramolecular Hbond substituents is 1. The molecule has 0 unspecified atom stereocenters. The first-order valence-corrected chi connectivity index (χ1v) is 7.80. The minimum absolute atomic E-state index is 0.122. The minimum atomic E-state index is -0.907. The molecule has 1 aromatic carbocycles. The Bertz CT molecular complexity index is 520. The summed E-state index contributed by atoms with van der Waals surface area (Å²) >= 11 is 0. The van der Waals surface area contributed by atoms with Crippen molar-refractivity contribution in [2.24, 2.45) is 5.41 Å². The molecule has 116 valence electrons. The summed E-state index contributed by atoms with van der Waals surface area (Å²) in [5.41, 5.74) is 0.936. The standard InChI is InChI=1S/C18H26O3/c1-17(2,3)12-13-7-8-15(19)14(11-13)18(16(20)21)9-5-4-6-10-18/h7-8,11,19H,4-6,9-10,12H2,1-3H3,(H,20,21). The Hall–Kier alpha value is -1.51. The third kappa shape index (κ3) is 3.39. The molecule has 0 atom stereocenters. The van der Waals surface area contributed by atoms with E-state index in [1.165, 1.54) is 0 Å². The van der Waals surface area contributed by atoms with Crippen molar-refractivity contribution >= 4 is 5.97 Å². The topological polar surface area (TPSA) is 57.5 Å². The van der Waals surface area contributed by atoms with E-state index in [-0.39, 0.29) is 11.2 Å². The van der Waals surface area contributed by atoms with Crippen molar-refractivity contribution < 1.29 is 15.0 Å². The zero-order valence-corrected chi connectivity index (χ0v) is 13.3. The Morgan fingerprint density at radius 3 is 2.33 bits per heavy atom. The fourth-order valence-electron chi connectivity index (χ4n) is 3.44. The van der Waals surface area contributed by atoms with Crippen LogP contribution in [0.3, 0.4) is 0 Å². The molecule has 1 saturated carbocycles. The number of aromatic hydroxyl groups is 1. The van der Waals surface area contributed by atoms with Gasteiger partial charge < -0.3 is 10.2 Å². The molecular formula is C18H26O3. The Kier molecular flexibility index (Phi) is 4.31. The van der Waals surface area contributed by atoms with Crippen LogP contribution < -0.4 is 0 Å². The third-order valence-electron chi connectivity index (χ3n) is 4.43. The first-order chi connectivity index (χ1) is 9.74. The summed E-state index contributed by atoms with van der Waals surface area (Å²) in [6.07, 6.45) is 5.02. The van der Waals surface area contributed by atoms with E-state index in [4.69, 9.17) is 0 Å². The van der Waals surface area contributed by atoms with E-state index in [0.29, 0.717) is 18.4 Å². The van der Waals surface area contributed by atoms with Gasteiger partial charge in [-0.15, -0.1) is 0 Å². The van der Waals surface area contributed by atoms with Crippen LogP contribution >= 0.6 is 0 Å². The molecule has 1 fully saturated rings. The molecule has 0 amide bonds. The number of phenols is 1. The fourth-order valence-corrected chi connectivity index (χ4v) is 3.44. The molecule has 0 aliphatic heterocycles. The van der Waals surface area contributed by atoms with E-state index in [2.05, 4.69) is 20.8 Å². The van der Waals surface area contributed by atoms with E-state index in [1.807, 2.05) is 12.1 Å². The van der Waals surface area contributed by atoms with Crippen LogP contribution in [0.25, 0.3) is 0 Å². The lowest BCUT2D eigenvalue weighted by molar-refractivity contribution is -0.145. The van der Waals surface area contributed by atoms with E-state index in [9.17, 15) is 15.0 Å². The van der Waals surface area contributed by atoms with Crippen molar-refractivity contribution in [3.05, 3.63) is 29.3 Å². The largest absolute Gasteiger partial charge is 0.508 e. The summed E-state index contributed by atoms with van der Waals surface area (Å²) < 4.78 is 0. The van der Waals surface area contributed by atoms with E-state index in [1.54, 1.807) is 6.07 Å². The fraction of sp³-hybridized carbons (Fsp3) is 0.611. The first-order valence-electron chi connectivity index (χ1n) is 7.80. The molecule has 1 aromatic rings. The lowest BCUT2D eigenvalue weighted by Crippen LogP contribution is -2.38. The lowest BCUT2D eigenvalue weighted by Gasteiger charge is -2.34. The molecular weight excluding hydrogens is 264 g/mol. The molecule has 0 aromatic heterocycles. The van der Waals surface area contributed by atoms with Crippen LogP contribution in [0, 0.1) is 5.41 Å². The molecule has 2 N–H and O–H groups in total. The highest BCUT2D eigenvalue weighted by atomic mass is 16.4. The number of hydrogen-bond donors (Lipinski definition) is 2.